The van der Waals surface area contributed by atoms with Gasteiger partial charge in [0.15, 0.2) is 12.3 Å². The molecule has 1 saturated heterocycles. The van der Waals surface area contributed by atoms with Gasteiger partial charge >= 0.3 is 0 Å². The summed E-state index contributed by atoms with van der Waals surface area (Å²) in [5, 5.41) is 20.5. The fraction of sp³-hybridized carbons (Fsp3) is 0.278. The normalized spacial score (nSPS) is 19.6. The fourth-order valence-corrected chi connectivity index (χ4v) is 3.16. The Morgan fingerprint density at radius 3 is 2.85 bits per heavy atom. The number of oxazole rings is 1. The third-order valence-electron chi connectivity index (χ3n) is 4.35. The van der Waals surface area contributed by atoms with E-state index in [9.17, 15) is 15.0 Å². The molecule has 2 atom stereocenters. The van der Waals surface area contributed by atoms with Crippen molar-refractivity contribution < 1.29 is 24.2 Å². The summed E-state index contributed by atoms with van der Waals surface area (Å²) in [6.45, 7) is 0.119. The Hall–Kier alpha value is -2.68. The number of ether oxygens (including phenoxy) is 1. The van der Waals surface area contributed by atoms with Crippen LogP contribution in [0.5, 0.6) is 5.75 Å². The Morgan fingerprint density at radius 1 is 1.30 bits per heavy atom. The minimum atomic E-state index is -0.950. The van der Waals surface area contributed by atoms with E-state index in [2.05, 4.69) is 9.97 Å². The van der Waals surface area contributed by atoms with Crippen molar-refractivity contribution in [1.82, 2.24) is 14.9 Å². The number of aliphatic hydroxyl groups excluding tert-OH is 2. The molecule has 3 heterocycles. The number of rotatable bonds is 4. The molecule has 1 aromatic carbocycles. The van der Waals surface area contributed by atoms with Crippen LogP contribution < -0.4 is 4.74 Å². The summed E-state index contributed by atoms with van der Waals surface area (Å²) in [5.74, 6) is 0.323. The van der Waals surface area contributed by atoms with Crippen molar-refractivity contribution >= 4 is 28.4 Å². The predicted molar refractivity (Wildman–Crippen MR) is 95.5 cm³/mol. The summed E-state index contributed by atoms with van der Waals surface area (Å²) < 4.78 is 11.0. The zero-order valence-electron chi connectivity index (χ0n) is 14.1. The van der Waals surface area contributed by atoms with Crippen LogP contribution in [0.1, 0.15) is 16.4 Å². The van der Waals surface area contributed by atoms with Crippen LogP contribution in [0.3, 0.4) is 0 Å². The molecule has 9 heteroatoms. The molecular formula is C18H16ClN3O5. The van der Waals surface area contributed by atoms with Gasteiger partial charge in [0.25, 0.3) is 5.91 Å². The van der Waals surface area contributed by atoms with Gasteiger partial charge in [-0.05, 0) is 24.3 Å². The van der Waals surface area contributed by atoms with Crippen LogP contribution in [-0.2, 0) is 6.61 Å². The van der Waals surface area contributed by atoms with Crippen LogP contribution in [0.2, 0.25) is 5.02 Å². The fourth-order valence-electron chi connectivity index (χ4n) is 2.94. The number of likely N-dealkylation sites (tertiary alicyclic amines) is 1. The Kier molecular flexibility index (Phi) is 4.69. The molecule has 0 saturated carbocycles. The number of benzene rings is 1. The number of fused-ring (bicyclic) bond motifs is 1. The van der Waals surface area contributed by atoms with E-state index < -0.39 is 18.1 Å². The number of carbonyl (C=O) groups excluding carboxylic acids is 1. The number of nitrogens with zero attached hydrogens (tertiary/aromatic N) is 3. The molecule has 8 nitrogen and oxygen atoms in total. The monoisotopic (exact) mass is 389 g/mol. The lowest BCUT2D eigenvalue weighted by molar-refractivity contribution is 0.0572. The summed E-state index contributed by atoms with van der Waals surface area (Å²) in [6, 6.07) is 7.06. The van der Waals surface area contributed by atoms with Gasteiger partial charge in [-0.15, -0.1) is 0 Å². The number of pyridine rings is 1. The molecule has 0 radical (unpaired) electrons. The van der Waals surface area contributed by atoms with Crippen molar-refractivity contribution in [3.05, 3.63) is 53.3 Å². The average Bonchev–Trinajstić information content (AvgIpc) is 3.28. The summed E-state index contributed by atoms with van der Waals surface area (Å²) in [7, 11) is 0. The molecule has 140 valence electrons. The Morgan fingerprint density at radius 2 is 2.07 bits per heavy atom. The van der Waals surface area contributed by atoms with Crippen molar-refractivity contribution in [3.8, 4) is 5.75 Å². The smallest absolute Gasteiger partial charge is 0.275 e. The first-order valence-electron chi connectivity index (χ1n) is 8.29. The highest BCUT2D eigenvalue weighted by Gasteiger charge is 2.34. The maximum absolute atomic E-state index is 12.4. The van der Waals surface area contributed by atoms with E-state index in [-0.39, 0.29) is 31.3 Å². The lowest BCUT2D eigenvalue weighted by Gasteiger charge is -2.12. The number of hydrogen-bond acceptors (Lipinski definition) is 7. The standard InChI is InChI=1S/C18H16ClN3O5/c19-11-3-4-15(17-10(11)2-1-5-20-17)26-9-16-21-12(8-27-16)18(25)22-6-13(23)14(24)7-22/h1-5,8,13-14,23-24H,6-7,9H2/t13-,14-/m1/s1. The molecule has 0 spiro atoms. The Bertz CT molecular complexity index is 982. The molecule has 1 fully saturated rings. The van der Waals surface area contributed by atoms with Crippen LogP contribution in [0.25, 0.3) is 10.9 Å². The summed E-state index contributed by atoms with van der Waals surface area (Å²) in [6.07, 6.45) is 0.978. The van der Waals surface area contributed by atoms with Crippen LogP contribution in [-0.4, -0.2) is 56.3 Å². The highest BCUT2D eigenvalue weighted by atomic mass is 35.5. The number of carbonyl (C=O) groups is 1. The van der Waals surface area contributed by atoms with E-state index in [4.69, 9.17) is 20.8 Å². The van der Waals surface area contributed by atoms with Crippen molar-refractivity contribution in [3.63, 3.8) is 0 Å². The van der Waals surface area contributed by atoms with Gasteiger partial charge < -0.3 is 24.3 Å². The second-order valence-corrected chi connectivity index (χ2v) is 6.61. The molecule has 1 aliphatic heterocycles. The number of amides is 1. The third-order valence-corrected chi connectivity index (χ3v) is 4.68. The van der Waals surface area contributed by atoms with Gasteiger partial charge in [-0.3, -0.25) is 9.78 Å². The maximum atomic E-state index is 12.4. The number of aliphatic hydroxyl groups is 2. The molecule has 4 rings (SSSR count). The van der Waals surface area contributed by atoms with E-state index in [1.54, 1.807) is 24.4 Å². The zero-order valence-corrected chi connectivity index (χ0v) is 14.8. The molecule has 0 aliphatic carbocycles. The van der Waals surface area contributed by atoms with Crippen LogP contribution >= 0.6 is 11.6 Å². The first kappa shape index (κ1) is 17.7. The second-order valence-electron chi connectivity index (χ2n) is 6.21. The van der Waals surface area contributed by atoms with E-state index in [1.165, 1.54) is 11.2 Å². The van der Waals surface area contributed by atoms with Gasteiger partial charge in [0.2, 0.25) is 5.89 Å². The largest absolute Gasteiger partial charge is 0.482 e. The lowest BCUT2D eigenvalue weighted by Crippen LogP contribution is -2.30. The molecular weight excluding hydrogens is 374 g/mol. The molecule has 2 N–H and O–H groups in total. The highest BCUT2D eigenvalue weighted by Crippen LogP contribution is 2.30. The van der Waals surface area contributed by atoms with Crippen LogP contribution in [0.4, 0.5) is 0 Å². The van der Waals surface area contributed by atoms with Gasteiger partial charge in [0.1, 0.15) is 17.5 Å². The van der Waals surface area contributed by atoms with E-state index in [0.29, 0.717) is 16.3 Å². The molecule has 27 heavy (non-hydrogen) atoms. The van der Waals surface area contributed by atoms with Gasteiger partial charge in [0, 0.05) is 24.7 Å². The SMILES string of the molecule is O=C(c1coc(COc2ccc(Cl)c3cccnc23)n1)N1C[C@@H](O)[C@H](O)C1. The Balaban J connectivity index is 1.46. The minimum Gasteiger partial charge on any atom is -0.482 e. The quantitative estimate of drug-likeness (QED) is 0.698. The first-order valence-corrected chi connectivity index (χ1v) is 8.66. The number of halogens is 1. The van der Waals surface area contributed by atoms with Gasteiger partial charge in [-0.1, -0.05) is 11.6 Å². The van der Waals surface area contributed by atoms with Crippen LogP contribution in [0.15, 0.2) is 41.1 Å². The summed E-state index contributed by atoms with van der Waals surface area (Å²) in [5.41, 5.74) is 0.710. The maximum Gasteiger partial charge on any atom is 0.275 e. The van der Waals surface area contributed by atoms with Crippen molar-refractivity contribution in [2.45, 2.75) is 18.8 Å². The molecule has 1 amide bonds. The number of aromatic nitrogens is 2. The van der Waals surface area contributed by atoms with Crippen LogP contribution in [0, 0.1) is 0 Å². The molecule has 1 aliphatic rings. The number of β-amino-alcohol motifs (C(OH)–C–C–N with tert-alkyl or cyclic N) is 2. The molecule has 3 aromatic rings. The minimum absolute atomic E-state index is 0.00579. The summed E-state index contributed by atoms with van der Waals surface area (Å²) >= 11 is 6.16. The van der Waals surface area contributed by atoms with Crippen molar-refractivity contribution in [2.24, 2.45) is 0 Å². The topological polar surface area (TPSA) is 109 Å². The van der Waals surface area contributed by atoms with Gasteiger partial charge in [0.05, 0.1) is 17.2 Å². The van der Waals surface area contributed by atoms with Crippen molar-refractivity contribution in [2.75, 3.05) is 13.1 Å². The van der Waals surface area contributed by atoms with Crippen molar-refractivity contribution in [1.29, 1.82) is 0 Å². The average molecular weight is 390 g/mol. The molecule has 0 unspecified atom stereocenters. The second kappa shape index (κ2) is 7.15. The van der Waals surface area contributed by atoms with E-state index in [1.807, 2.05) is 6.07 Å². The lowest BCUT2D eigenvalue weighted by atomic mass is 10.2. The van der Waals surface area contributed by atoms with E-state index >= 15 is 0 Å². The molecule has 2 aromatic heterocycles. The predicted octanol–water partition coefficient (Wildman–Crippen LogP) is 1.63. The van der Waals surface area contributed by atoms with Gasteiger partial charge in [-0.25, -0.2) is 4.98 Å². The first-order chi connectivity index (χ1) is 13.0. The van der Waals surface area contributed by atoms with Gasteiger partial charge in [-0.2, -0.15) is 0 Å². The highest BCUT2D eigenvalue weighted by molar-refractivity contribution is 6.35. The Labute approximate surface area is 159 Å². The number of hydrogen-bond donors (Lipinski definition) is 2. The third kappa shape index (κ3) is 3.46. The molecule has 0 bridgehead atoms. The van der Waals surface area contributed by atoms with E-state index in [0.717, 1.165) is 5.39 Å². The summed E-state index contributed by atoms with van der Waals surface area (Å²) in [4.78, 5) is 22.1. The zero-order chi connectivity index (χ0) is 19.0.